The van der Waals surface area contributed by atoms with Crippen molar-refractivity contribution in [3.05, 3.63) is 42.0 Å². The van der Waals surface area contributed by atoms with Gasteiger partial charge in [0.05, 0.1) is 23.9 Å². The Labute approximate surface area is 157 Å². The van der Waals surface area contributed by atoms with Gasteiger partial charge in [0.2, 0.25) is 0 Å². The zero-order chi connectivity index (χ0) is 19.4. The SMILES string of the molecule is CCOc1ccc2nc(NC(=O)c3ccc(OC)c(OC(F)F)c3)sc2c1. The van der Waals surface area contributed by atoms with Crippen LogP contribution in [0.1, 0.15) is 17.3 Å². The van der Waals surface area contributed by atoms with Crippen molar-refractivity contribution in [2.24, 2.45) is 0 Å². The van der Waals surface area contributed by atoms with E-state index in [0.717, 1.165) is 16.0 Å². The Morgan fingerprint density at radius 3 is 2.74 bits per heavy atom. The van der Waals surface area contributed by atoms with Crippen LogP contribution in [0.4, 0.5) is 13.9 Å². The lowest BCUT2D eigenvalue weighted by Crippen LogP contribution is -2.12. The van der Waals surface area contributed by atoms with Crippen LogP contribution in [-0.2, 0) is 0 Å². The number of thiazole rings is 1. The molecule has 6 nitrogen and oxygen atoms in total. The molecule has 1 aromatic heterocycles. The van der Waals surface area contributed by atoms with Gasteiger partial charge in [0.15, 0.2) is 16.6 Å². The molecule has 1 heterocycles. The van der Waals surface area contributed by atoms with Crippen LogP contribution in [-0.4, -0.2) is 31.2 Å². The molecular weight excluding hydrogens is 378 g/mol. The Hall–Kier alpha value is -2.94. The molecule has 9 heteroatoms. The van der Waals surface area contributed by atoms with Gasteiger partial charge in [-0.05, 0) is 43.3 Å². The molecule has 27 heavy (non-hydrogen) atoms. The summed E-state index contributed by atoms with van der Waals surface area (Å²) in [5.41, 5.74) is 0.857. The molecule has 0 spiro atoms. The van der Waals surface area contributed by atoms with Crippen molar-refractivity contribution in [2.45, 2.75) is 13.5 Å². The van der Waals surface area contributed by atoms with Crippen molar-refractivity contribution in [3.8, 4) is 17.2 Å². The highest BCUT2D eigenvalue weighted by Gasteiger charge is 2.16. The lowest BCUT2D eigenvalue weighted by Gasteiger charge is -2.11. The highest BCUT2D eigenvalue weighted by molar-refractivity contribution is 7.22. The van der Waals surface area contributed by atoms with Crippen molar-refractivity contribution >= 4 is 32.6 Å². The number of nitrogens with one attached hydrogen (secondary N) is 1. The molecule has 0 fully saturated rings. The van der Waals surface area contributed by atoms with Crippen molar-refractivity contribution in [2.75, 3.05) is 19.0 Å². The fraction of sp³-hybridized carbons (Fsp3) is 0.222. The molecule has 0 aliphatic heterocycles. The maximum absolute atomic E-state index is 12.5. The van der Waals surface area contributed by atoms with Gasteiger partial charge in [-0.15, -0.1) is 0 Å². The van der Waals surface area contributed by atoms with E-state index < -0.39 is 12.5 Å². The summed E-state index contributed by atoms with van der Waals surface area (Å²) >= 11 is 1.28. The van der Waals surface area contributed by atoms with E-state index in [4.69, 9.17) is 9.47 Å². The molecule has 0 saturated carbocycles. The number of rotatable bonds is 7. The fourth-order valence-electron chi connectivity index (χ4n) is 2.39. The third-order valence-corrected chi connectivity index (χ3v) is 4.47. The number of amides is 1. The number of fused-ring (bicyclic) bond motifs is 1. The first-order valence-corrected chi connectivity index (χ1v) is 8.79. The molecule has 0 radical (unpaired) electrons. The van der Waals surface area contributed by atoms with Gasteiger partial charge < -0.3 is 14.2 Å². The summed E-state index contributed by atoms with van der Waals surface area (Å²) in [6.45, 7) is -0.585. The molecule has 0 saturated heterocycles. The monoisotopic (exact) mass is 394 g/mol. The zero-order valence-corrected chi connectivity index (χ0v) is 15.3. The number of anilines is 1. The van der Waals surface area contributed by atoms with Crippen LogP contribution in [0.2, 0.25) is 0 Å². The molecule has 0 aliphatic rings. The van der Waals surface area contributed by atoms with E-state index in [1.165, 1.54) is 36.6 Å². The van der Waals surface area contributed by atoms with Crippen molar-refractivity contribution in [3.63, 3.8) is 0 Å². The van der Waals surface area contributed by atoms with Crippen molar-refractivity contribution in [1.82, 2.24) is 4.98 Å². The third-order valence-electron chi connectivity index (χ3n) is 3.53. The third kappa shape index (κ3) is 4.43. The summed E-state index contributed by atoms with van der Waals surface area (Å²) < 4.78 is 40.7. The Morgan fingerprint density at radius 1 is 1.22 bits per heavy atom. The largest absolute Gasteiger partial charge is 0.494 e. The Morgan fingerprint density at radius 2 is 2.04 bits per heavy atom. The lowest BCUT2D eigenvalue weighted by molar-refractivity contribution is -0.0512. The fourth-order valence-corrected chi connectivity index (χ4v) is 3.28. The maximum Gasteiger partial charge on any atom is 0.387 e. The van der Waals surface area contributed by atoms with Crippen LogP contribution in [0.3, 0.4) is 0 Å². The van der Waals surface area contributed by atoms with Gasteiger partial charge in [0, 0.05) is 5.56 Å². The van der Waals surface area contributed by atoms with E-state index in [0.29, 0.717) is 11.7 Å². The van der Waals surface area contributed by atoms with Gasteiger partial charge in [0.25, 0.3) is 5.91 Å². The molecule has 3 aromatic rings. The minimum Gasteiger partial charge on any atom is -0.494 e. The van der Waals surface area contributed by atoms with E-state index in [-0.39, 0.29) is 17.1 Å². The van der Waals surface area contributed by atoms with Gasteiger partial charge >= 0.3 is 6.61 Å². The van der Waals surface area contributed by atoms with Gasteiger partial charge in [-0.25, -0.2) is 4.98 Å². The Kier molecular flexibility index (Phi) is 5.70. The first-order chi connectivity index (χ1) is 13.0. The molecule has 0 bridgehead atoms. The first-order valence-electron chi connectivity index (χ1n) is 7.97. The normalized spacial score (nSPS) is 10.9. The summed E-state index contributed by atoms with van der Waals surface area (Å²) in [5, 5.41) is 3.05. The van der Waals surface area contributed by atoms with E-state index in [1.54, 1.807) is 12.1 Å². The Bertz CT molecular complexity index is 962. The van der Waals surface area contributed by atoms with Gasteiger partial charge in [-0.2, -0.15) is 8.78 Å². The zero-order valence-electron chi connectivity index (χ0n) is 14.5. The molecule has 0 unspecified atom stereocenters. The summed E-state index contributed by atoms with van der Waals surface area (Å²) in [6.07, 6.45) is 0. The highest BCUT2D eigenvalue weighted by atomic mass is 32.1. The Balaban J connectivity index is 1.81. The van der Waals surface area contributed by atoms with Crippen molar-refractivity contribution < 1.29 is 27.8 Å². The quantitative estimate of drug-likeness (QED) is 0.636. The van der Waals surface area contributed by atoms with Crippen LogP contribution in [0, 0.1) is 0 Å². The smallest absolute Gasteiger partial charge is 0.387 e. The number of halogens is 2. The van der Waals surface area contributed by atoms with E-state index in [9.17, 15) is 13.6 Å². The number of carbonyl (C=O) groups excluding carboxylic acids is 1. The average Bonchev–Trinajstić information content (AvgIpc) is 3.03. The molecule has 0 atom stereocenters. The number of aromatic nitrogens is 1. The van der Waals surface area contributed by atoms with E-state index >= 15 is 0 Å². The molecule has 2 aromatic carbocycles. The second kappa shape index (κ2) is 8.17. The standard InChI is InChI=1S/C18H16F2N2O4S/c1-3-25-11-5-6-12-15(9-11)27-18(21-12)22-16(23)10-4-7-13(24-2)14(8-10)26-17(19)20/h4-9,17H,3H2,1-2H3,(H,21,22,23). The highest BCUT2D eigenvalue weighted by Crippen LogP contribution is 2.32. The van der Waals surface area contributed by atoms with Crippen LogP contribution in [0.25, 0.3) is 10.2 Å². The minimum atomic E-state index is -3.03. The number of nitrogens with zero attached hydrogens (tertiary/aromatic N) is 1. The molecular formula is C18H16F2N2O4S. The van der Waals surface area contributed by atoms with Crippen LogP contribution >= 0.6 is 11.3 Å². The minimum absolute atomic E-state index is 0.107. The predicted octanol–water partition coefficient (Wildman–Crippen LogP) is 4.56. The number of ether oxygens (including phenoxy) is 3. The van der Waals surface area contributed by atoms with Crippen molar-refractivity contribution in [1.29, 1.82) is 0 Å². The number of carbonyl (C=O) groups is 1. The molecule has 1 N–H and O–H groups in total. The number of methoxy groups -OCH3 is 1. The first kappa shape index (κ1) is 18.8. The van der Waals surface area contributed by atoms with Gasteiger partial charge in [-0.1, -0.05) is 11.3 Å². The molecule has 0 aliphatic carbocycles. The number of hydrogen-bond acceptors (Lipinski definition) is 6. The summed E-state index contributed by atoms with van der Waals surface area (Å²) in [4.78, 5) is 16.8. The number of benzene rings is 2. The van der Waals surface area contributed by atoms with Crippen LogP contribution < -0.4 is 19.5 Å². The number of hydrogen-bond donors (Lipinski definition) is 1. The van der Waals surface area contributed by atoms with Crippen LogP contribution in [0.5, 0.6) is 17.2 Å². The van der Waals surface area contributed by atoms with E-state index in [1.807, 2.05) is 13.0 Å². The molecule has 1 amide bonds. The maximum atomic E-state index is 12.5. The summed E-state index contributed by atoms with van der Waals surface area (Å²) in [7, 11) is 1.32. The second-order valence-electron chi connectivity index (χ2n) is 5.28. The topological polar surface area (TPSA) is 69.7 Å². The predicted molar refractivity (Wildman–Crippen MR) is 98.4 cm³/mol. The second-order valence-corrected chi connectivity index (χ2v) is 6.31. The van der Waals surface area contributed by atoms with Gasteiger partial charge in [0.1, 0.15) is 5.75 Å². The molecule has 142 valence electrons. The summed E-state index contributed by atoms with van der Waals surface area (Å²) in [6, 6.07) is 9.48. The van der Waals surface area contributed by atoms with Crippen LogP contribution in [0.15, 0.2) is 36.4 Å². The number of alkyl halides is 2. The molecule has 3 rings (SSSR count). The van der Waals surface area contributed by atoms with E-state index in [2.05, 4.69) is 15.0 Å². The summed E-state index contributed by atoms with van der Waals surface area (Å²) in [5.74, 6) is 0.109. The van der Waals surface area contributed by atoms with Gasteiger partial charge in [-0.3, -0.25) is 10.1 Å². The lowest BCUT2D eigenvalue weighted by atomic mass is 10.2. The average molecular weight is 394 g/mol.